The van der Waals surface area contributed by atoms with E-state index in [2.05, 4.69) is 9.98 Å². The van der Waals surface area contributed by atoms with Crippen LogP contribution < -0.4 is 10.5 Å². The lowest BCUT2D eigenvalue weighted by molar-refractivity contribution is -0.137. The predicted octanol–water partition coefficient (Wildman–Crippen LogP) is 2.01. The highest BCUT2D eigenvalue weighted by molar-refractivity contribution is 6.31. The van der Waals surface area contributed by atoms with Gasteiger partial charge in [0.1, 0.15) is 11.6 Å². The van der Waals surface area contributed by atoms with Gasteiger partial charge in [-0.2, -0.15) is 13.2 Å². The van der Waals surface area contributed by atoms with Crippen LogP contribution in [0.4, 0.5) is 13.2 Å². The van der Waals surface area contributed by atoms with Crippen LogP contribution in [0.2, 0.25) is 5.02 Å². The number of ether oxygens (including phenoxy) is 1. The Balaban J connectivity index is 2.60. The summed E-state index contributed by atoms with van der Waals surface area (Å²) in [7, 11) is 3.46. The van der Waals surface area contributed by atoms with E-state index in [1.54, 1.807) is 19.0 Å². The quantitative estimate of drug-likeness (QED) is 0.525. The van der Waals surface area contributed by atoms with Crippen LogP contribution in [-0.4, -0.2) is 43.1 Å². The van der Waals surface area contributed by atoms with Crippen LogP contribution in [0, 0.1) is 0 Å². The molecule has 0 aliphatic rings. The number of nitrogens with two attached hydrogens (primary N) is 1. The molecule has 0 aromatic carbocycles. The monoisotopic (exact) mass is 310 g/mol. The molecule has 9 heteroatoms. The third-order valence-corrected chi connectivity index (χ3v) is 2.47. The summed E-state index contributed by atoms with van der Waals surface area (Å²) in [5, 5.41) is -0.204. The maximum Gasteiger partial charge on any atom is 0.417 e. The standard InChI is InChI=1S/C11H14ClF3N4O/c1-19(2)10(16)17-3-4-20-9-8(12)5-7(6-18-9)11(13,14)15/h5-6H,3-4H2,1-2H3,(H2,16,17). The summed E-state index contributed by atoms with van der Waals surface area (Å²) in [6, 6.07) is 0.765. The highest BCUT2D eigenvalue weighted by atomic mass is 35.5. The van der Waals surface area contributed by atoms with E-state index in [-0.39, 0.29) is 24.1 Å². The minimum Gasteiger partial charge on any atom is -0.475 e. The van der Waals surface area contributed by atoms with Crippen LogP contribution in [0.25, 0.3) is 0 Å². The fourth-order valence-electron chi connectivity index (χ4n) is 1.13. The zero-order valence-corrected chi connectivity index (χ0v) is 11.7. The first-order chi connectivity index (χ1) is 9.21. The minimum absolute atomic E-state index is 0.0710. The molecule has 20 heavy (non-hydrogen) atoms. The summed E-state index contributed by atoms with van der Waals surface area (Å²) in [6.45, 7) is 0.343. The molecule has 0 fully saturated rings. The lowest BCUT2D eigenvalue weighted by Gasteiger charge is -2.11. The average Bonchev–Trinajstić information content (AvgIpc) is 2.34. The number of alkyl halides is 3. The van der Waals surface area contributed by atoms with Crippen molar-refractivity contribution >= 4 is 17.6 Å². The molecule has 0 atom stereocenters. The third-order valence-electron chi connectivity index (χ3n) is 2.20. The minimum atomic E-state index is -4.49. The van der Waals surface area contributed by atoms with Gasteiger partial charge in [0.2, 0.25) is 5.88 Å². The van der Waals surface area contributed by atoms with E-state index < -0.39 is 11.7 Å². The fraction of sp³-hybridized carbons (Fsp3) is 0.455. The zero-order valence-electron chi connectivity index (χ0n) is 10.9. The van der Waals surface area contributed by atoms with Gasteiger partial charge in [-0.1, -0.05) is 11.6 Å². The molecule has 0 radical (unpaired) electrons. The van der Waals surface area contributed by atoms with Crippen LogP contribution in [0.3, 0.4) is 0 Å². The zero-order chi connectivity index (χ0) is 15.3. The summed E-state index contributed by atoms with van der Waals surface area (Å²) >= 11 is 5.67. The van der Waals surface area contributed by atoms with E-state index in [1.165, 1.54) is 0 Å². The number of guanidine groups is 1. The lowest BCUT2D eigenvalue weighted by Crippen LogP contribution is -2.30. The largest absolute Gasteiger partial charge is 0.475 e. The van der Waals surface area contributed by atoms with E-state index in [0.29, 0.717) is 12.2 Å². The predicted molar refractivity (Wildman–Crippen MR) is 69.9 cm³/mol. The molecule has 1 aromatic heterocycles. The van der Waals surface area contributed by atoms with Gasteiger partial charge in [-0.15, -0.1) is 0 Å². The van der Waals surface area contributed by atoms with Crippen molar-refractivity contribution in [3.05, 3.63) is 22.8 Å². The van der Waals surface area contributed by atoms with E-state index in [0.717, 1.165) is 6.07 Å². The maximum absolute atomic E-state index is 12.4. The van der Waals surface area contributed by atoms with Gasteiger partial charge >= 0.3 is 6.18 Å². The Bertz CT molecular complexity index is 491. The molecule has 0 amide bonds. The Morgan fingerprint density at radius 3 is 2.65 bits per heavy atom. The van der Waals surface area contributed by atoms with Crippen molar-refractivity contribution in [2.45, 2.75) is 6.18 Å². The van der Waals surface area contributed by atoms with Crippen molar-refractivity contribution in [1.29, 1.82) is 0 Å². The normalized spacial score (nSPS) is 12.4. The molecule has 0 aliphatic carbocycles. The van der Waals surface area contributed by atoms with Crippen molar-refractivity contribution < 1.29 is 17.9 Å². The first-order valence-corrected chi connectivity index (χ1v) is 5.92. The lowest BCUT2D eigenvalue weighted by atomic mass is 10.3. The van der Waals surface area contributed by atoms with Gasteiger partial charge in [-0.25, -0.2) is 9.98 Å². The molecule has 1 rings (SSSR count). The second kappa shape index (κ2) is 6.65. The molecule has 0 spiro atoms. The summed E-state index contributed by atoms with van der Waals surface area (Å²) in [5.41, 5.74) is 4.62. The highest BCUT2D eigenvalue weighted by Crippen LogP contribution is 2.32. The number of aliphatic imine (C=N–C) groups is 1. The van der Waals surface area contributed by atoms with Crippen LogP contribution in [-0.2, 0) is 6.18 Å². The molecule has 2 N–H and O–H groups in total. The Kier molecular flexibility index (Phi) is 5.43. The first-order valence-electron chi connectivity index (χ1n) is 5.54. The van der Waals surface area contributed by atoms with Gasteiger partial charge in [0, 0.05) is 20.3 Å². The summed E-state index contributed by atoms with van der Waals surface area (Å²) < 4.78 is 42.3. The van der Waals surface area contributed by atoms with Gasteiger partial charge in [-0.3, -0.25) is 0 Å². The highest BCUT2D eigenvalue weighted by Gasteiger charge is 2.31. The molecular weight excluding hydrogens is 297 g/mol. The molecule has 0 saturated heterocycles. The topological polar surface area (TPSA) is 63.7 Å². The second-order valence-corrected chi connectivity index (χ2v) is 4.40. The van der Waals surface area contributed by atoms with Gasteiger partial charge in [0.05, 0.1) is 12.1 Å². The Morgan fingerprint density at radius 2 is 2.15 bits per heavy atom. The number of pyridine rings is 1. The number of hydrogen-bond donors (Lipinski definition) is 1. The molecule has 5 nitrogen and oxygen atoms in total. The van der Waals surface area contributed by atoms with Crippen LogP contribution >= 0.6 is 11.6 Å². The molecule has 112 valence electrons. The molecule has 0 aliphatic heterocycles. The first kappa shape index (κ1) is 16.4. The molecule has 1 aromatic rings. The van der Waals surface area contributed by atoms with E-state index in [4.69, 9.17) is 22.1 Å². The molecule has 1 heterocycles. The van der Waals surface area contributed by atoms with Crippen molar-refractivity contribution in [2.24, 2.45) is 10.7 Å². The summed E-state index contributed by atoms with van der Waals surface area (Å²) in [4.78, 5) is 9.12. The summed E-state index contributed by atoms with van der Waals surface area (Å²) in [5.74, 6) is 0.248. The third kappa shape index (κ3) is 4.76. The van der Waals surface area contributed by atoms with Crippen molar-refractivity contribution in [1.82, 2.24) is 9.88 Å². The van der Waals surface area contributed by atoms with Gasteiger partial charge in [0.25, 0.3) is 0 Å². The van der Waals surface area contributed by atoms with Gasteiger partial charge in [0.15, 0.2) is 5.96 Å². The smallest absolute Gasteiger partial charge is 0.417 e. The van der Waals surface area contributed by atoms with Gasteiger partial charge < -0.3 is 15.4 Å². The van der Waals surface area contributed by atoms with Crippen molar-refractivity contribution in [2.75, 3.05) is 27.2 Å². The average molecular weight is 311 g/mol. The van der Waals surface area contributed by atoms with E-state index in [9.17, 15) is 13.2 Å². The van der Waals surface area contributed by atoms with Crippen LogP contribution in [0.1, 0.15) is 5.56 Å². The maximum atomic E-state index is 12.4. The van der Waals surface area contributed by atoms with Gasteiger partial charge in [-0.05, 0) is 6.07 Å². The van der Waals surface area contributed by atoms with Crippen LogP contribution in [0.5, 0.6) is 5.88 Å². The Labute approximate surface area is 119 Å². The van der Waals surface area contributed by atoms with Crippen LogP contribution in [0.15, 0.2) is 17.3 Å². The fourth-order valence-corrected chi connectivity index (χ4v) is 1.35. The molecular formula is C11H14ClF3N4O. The Morgan fingerprint density at radius 1 is 1.50 bits per heavy atom. The SMILES string of the molecule is CN(C)C(N)=NCCOc1ncc(C(F)(F)F)cc1Cl. The number of halogens is 4. The van der Waals surface area contributed by atoms with Crippen molar-refractivity contribution in [3.8, 4) is 5.88 Å². The van der Waals surface area contributed by atoms with E-state index >= 15 is 0 Å². The second-order valence-electron chi connectivity index (χ2n) is 3.99. The van der Waals surface area contributed by atoms with Crippen molar-refractivity contribution in [3.63, 3.8) is 0 Å². The molecule has 0 bridgehead atoms. The number of hydrogen-bond acceptors (Lipinski definition) is 3. The number of rotatable bonds is 4. The number of aromatic nitrogens is 1. The van der Waals surface area contributed by atoms with E-state index in [1.807, 2.05) is 0 Å². The number of nitrogens with zero attached hydrogens (tertiary/aromatic N) is 3. The molecule has 0 unspecified atom stereocenters. The molecule has 0 saturated carbocycles. The summed E-state index contributed by atoms with van der Waals surface area (Å²) in [6.07, 6.45) is -3.82. The Hall–Kier alpha value is -1.70.